The highest BCUT2D eigenvalue weighted by Crippen LogP contribution is 2.39. The van der Waals surface area contributed by atoms with Gasteiger partial charge in [-0.2, -0.15) is 0 Å². The number of benzene rings is 1. The molecule has 2 heteroatoms. The van der Waals surface area contributed by atoms with Crippen LogP contribution >= 0.6 is 0 Å². The Hall–Kier alpha value is -1.28. The summed E-state index contributed by atoms with van der Waals surface area (Å²) in [7, 11) is 2.02. The first-order valence-corrected chi connectivity index (χ1v) is 6.66. The van der Waals surface area contributed by atoms with Gasteiger partial charge in [0.15, 0.2) is 0 Å². The standard InChI is InChI=1S/C16H23NO/c1-6-12-14(15(17-5)16(2,3)4)11-9-7-8-10-13(11)18-12/h7-10,15,17H,6H2,1-5H3. The number of hydrogen-bond acceptors (Lipinski definition) is 2. The smallest absolute Gasteiger partial charge is 0.134 e. The molecule has 2 rings (SSSR count). The van der Waals surface area contributed by atoms with E-state index in [1.807, 2.05) is 19.2 Å². The van der Waals surface area contributed by atoms with Gasteiger partial charge < -0.3 is 9.73 Å². The fourth-order valence-electron chi connectivity index (χ4n) is 2.71. The average molecular weight is 245 g/mol. The molecule has 1 atom stereocenters. The van der Waals surface area contributed by atoms with Gasteiger partial charge in [-0.05, 0) is 18.5 Å². The molecule has 1 aromatic heterocycles. The van der Waals surface area contributed by atoms with Crippen LogP contribution in [-0.2, 0) is 6.42 Å². The van der Waals surface area contributed by atoms with Crippen molar-refractivity contribution >= 4 is 11.0 Å². The summed E-state index contributed by atoms with van der Waals surface area (Å²) in [6.45, 7) is 8.93. The molecule has 1 heterocycles. The predicted octanol–water partition coefficient (Wildman–Crippen LogP) is 4.30. The minimum atomic E-state index is 0.158. The van der Waals surface area contributed by atoms with Crippen LogP contribution in [0, 0.1) is 5.41 Å². The summed E-state index contributed by atoms with van der Waals surface area (Å²) in [6, 6.07) is 8.61. The Morgan fingerprint density at radius 2 is 1.89 bits per heavy atom. The van der Waals surface area contributed by atoms with Crippen LogP contribution in [0.25, 0.3) is 11.0 Å². The van der Waals surface area contributed by atoms with Crippen LogP contribution in [0.5, 0.6) is 0 Å². The molecule has 0 aliphatic heterocycles. The van der Waals surface area contributed by atoms with Crippen LogP contribution < -0.4 is 5.32 Å². The molecule has 2 nitrogen and oxygen atoms in total. The summed E-state index contributed by atoms with van der Waals surface area (Å²) in [6.07, 6.45) is 0.929. The van der Waals surface area contributed by atoms with Crippen molar-refractivity contribution in [1.82, 2.24) is 5.32 Å². The van der Waals surface area contributed by atoms with Crippen LogP contribution in [0.2, 0.25) is 0 Å². The van der Waals surface area contributed by atoms with Gasteiger partial charge in [-0.3, -0.25) is 0 Å². The Balaban J connectivity index is 2.67. The number of para-hydroxylation sites is 1. The number of hydrogen-bond donors (Lipinski definition) is 1. The largest absolute Gasteiger partial charge is 0.461 e. The van der Waals surface area contributed by atoms with Crippen molar-refractivity contribution in [2.75, 3.05) is 7.05 Å². The molecule has 18 heavy (non-hydrogen) atoms. The Bertz CT molecular complexity index is 534. The Morgan fingerprint density at radius 1 is 1.22 bits per heavy atom. The van der Waals surface area contributed by atoms with Crippen molar-refractivity contribution in [2.24, 2.45) is 5.41 Å². The minimum Gasteiger partial charge on any atom is -0.461 e. The zero-order valence-corrected chi connectivity index (χ0v) is 12.0. The van der Waals surface area contributed by atoms with E-state index in [1.54, 1.807) is 0 Å². The van der Waals surface area contributed by atoms with E-state index in [2.05, 4.69) is 45.1 Å². The fraction of sp³-hybridized carbons (Fsp3) is 0.500. The van der Waals surface area contributed by atoms with Gasteiger partial charge in [0.25, 0.3) is 0 Å². The maximum Gasteiger partial charge on any atom is 0.134 e. The van der Waals surface area contributed by atoms with Gasteiger partial charge in [0.05, 0.1) is 0 Å². The third kappa shape index (κ3) is 2.17. The van der Waals surface area contributed by atoms with Crippen molar-refractivity contribution in [3.05, 3.63) is 35.6 Å². The Labute approximate surface area is 109 Å². The number of fused-ring (bicyclic) bond motifs is 1. The minimum absolute atomic E-state index is 0.158. The molecule has 2 aromatic rings. The highest BCUT2D eigenvalue weighted by Gasteiger charge is 2.30. The Morgan fingerprint density at radius 3 is 2.44 bits per heavy atom. The van der Waals surface area contributed by atoms with Crippen molar-refractivity contribution in [2.45, 2.75) is 40.2 Å². The maximum absolute atomic E-state index is 5.99. The van der Waals surface area contributed by atoms with Gasteiger partial charge in [-0.25, -0.2) is 0 Å². The van der Waals surface area contributed by atoms with Gasteiger partial charge in [0.2, 0.25) is 0 Å². The molecule has 1 unspecified atom stereocenters. The van der Waals surface area contributed by atoms with Gasteiger partial charge in [0, 0.05) is 23.4 Å². The lowest BCUT2D eigenvalue weighted by Crippen LogP contribution is -2.30. The van der Waals surface area contributed by atoms with Crippen LogP contribution in [-0.4, -0.2) is 7.05 Å². The van der Waals surface area contributed by atoms with E-state index in [0.717, 1.165) is 17.8 Å². The van der Waals surface area contributed by atoms with E-state index >= 15 is 0 Å². The molecule has 1 aromatic carbocycles. The van der Waals surface area contributed by atoms with Gasteiger partial charge >= 0.3 is 0 Å². The molecule has 0 aliphatic rings. The molecule has 0 radical (unpaired) electrons. The van der Waals surface area contributed by atoms with Crippen LogP contribution in [0.4, 0.5) is 0 Å². The summed E-state index contributed by atoms with van der Waals surface area (Å²) >= 11 is 0. The topological polar surface area (TPSA) is 25.2 Å². The van der Waals surface area contributed by atoms with Crippen molar-refractivity contribution in [3.8, 4) is 0 Å². The second-order valence-electron chi connectivity index (χ2n) is 5.88. The van der Waals surface area contributed by atoms with E-state index in [-0.39, 0.29) is 5.41 Å². The lowest BCUT2D eigenvalue weighted by atomic mass is 9.81. The molecule has 98 valence electrons. The van der Waals surface area contributed by atoms with Gasteiger partial charge in [0.1, 0.15) is 11.3 Å². The summed E-state index contributed by atoms with van der Waals surface area (Å²) in [5.41, 5.74) is 2.47. The second kappa shape index (κ2) is 4.77. The first-order chi connectivity index (χ1) is 8.49. The third-order valence-corrected chi connectivity index (χ3v) is 3.48. The number of rotatable bonds is 3. The highest BCUT2D eigenvalue weighted by molar-refractivity contribution is 5.83. The third-order valence-electron chi connectivity index (χ3n) is 3.48. The monoisotopic (exact) mass is 245 g/mol. The summed E-state index contributed by atoms with van der Waals surface area (Å²) < 4.78 is 5.99. The molecule has 0 amide bonds. The summed E-state index contributed by atoms with van der Waals surface area (Å²) in [4.78, 5) is 0. The highest BCUT2D eigenvalue weighted by atomic mass is 16.3. The molecule has 0 bridgehead atoms. The van der Waals surface area contributed by atoms with E-state index in [4.69, 9.17) is 4.42 Å². The molecule has 0 aliphatic carbocycles. The summed E-state index contributed by atoms with van der Waals surface area (Å²) in [5.74, 6) is 1.10. The Kier molecular flexibility index (Phi) is 3.49. The fourth-order valence-corrected chi connectivity index (χ4v) is 2.71. The zero-order valence-electron chi connectivity index (χ0n) is 12.0. The first kappa shape index (κ1) is 13.2. The van der Waals surface area contributed by atoms with E-state index in [0.29, 0.717) is 6.04 Å². The average Bonchev–Trinajstić information content (AvgIpc) is 2.67. The molecule has 0 fully saturated rings. The summed E-state index contributed by atoms with van der Waals surface area (Å²) in [5, 5.41) is 4.69. The van der Waals surface area contributed by atoms with Crippen LogP contribution in [0.15, 0.2) is 28.7 Å². The molecule has 0 spiro atoms. The van der Waals surface area contributed by atoms with Crippen LogP contribution in [0.1, 0.15) is 45.1 Å². The zero-order chi connectivity index (χ0) is 13.3. The molecule has 1 N–H and O–H groups in total. The van der Waals surface area contributed by atoms with Crippen molar-refractivity contribution < 1.29 is 4.42 Å². The number of furan rings is 1. The normalized spacial score (nSPS) is 14.1. The van der Waals surface area contributed by atoms with Gasteiger partial charge in [-0.1, -0.05) is 45.9 Å². The second-order valence-corrected chi connectivity index (χ2v) is 5.88. The van der Waals surface area contributed by atoms with Crippen molar-refractivity contribution in [1.29, 1.82) is 0 Å². The van der Waals surface area contributed by atoms with E-state index in [9.17, 15) is 0 Å². The molecular formula is C16H23NO. The van der Waals surface area contributed by atoms with Gasteiger partial charge in [-0.15, -0.1) is 0 Å². The molecule has 0 saturated heterocycles. The molecule has 0 saturated carbocycles. The first-order valence-electron chi connectivity index (χ1n) is 6.66. The number of aryl methyl sites for hydroxylation is 1. The maximum atomic E-state index is 5.99. The lowest BCUT2D eigenvalue weighted by Gasteiger charge is -2.30. The molecular weight excluding hydrogens is 222 g/mol. The number of nitrogens with one attached hydrogen (secondary N) is 1. The van der Waals surface area contributed by atoms with Crippen molar-refractivity contribution in [3.63, 3.8) is 0 Å². The predicted molar refractivity (Wildman–Crippen MR) is 76.8 cm³/mol. The quantitative estimate of drug-likeness (QED) is 0.872. The van der Waals surface area contributed by atoms with E-state index < -0.39 is 0 Å². The lowest BCUT2D eigenvalue weighted by molar-refractivity contribution is 0.284. The SMILES string of the molecule is CCc1oc2ccccc2c1C(NC)C(C)(C)C. The van der Waals surface area contributed by atoms with E-state index in [1.165, 1.54) is 10.9 Å². The van der Waals surface area contributed by atoms with Crippen LogP contribution in [0.3, 0.4) is 0 Å².